The number of amides is 1. The van der Waals surface area contributed by atoms with Crippen LogP contribution in [-0.2, 0) is 16.1 Å². The molecule has 0 saturated carbocycles. The second kappa shape index (κ2) is 12.4. The first-order chi connectivity index (χ1) is 22.1. The molecule has 4 N–H and O–H groups in total. The lowest BCUT2D eigenvalue weighted by Crippen LogP contribution is -2.41. The summed E-state index contributed by atoms with van der Waals surface area (Å²) in [7, 11) is 0. The quantitative estimate of drug-likeness (QED) is 0.194. The summed E-state index contributed by atoms with van der Waals surface area (Å²) < 4.78 is 7.71. The number of fused-ring (bicyclic) bond motifs is 2. The number of imidazole rings is 1. The highest BCUT2D eigenvalue weighted by molar-refractivity contribution is 5.88. The van der Waals surface area contributed by atoms with E-state index in [-0.39, 0.29) is 12.5 Å². The van der Waals surface area contributed by atoms with Crippen LogP contribution < -0.4 is 10.6 Å². The fraction of sp³-hybridized carbons (Fsp3) is 0.200. The van der Waals surface area contributed by atoms with Crippen LogP contribution in [0.2, 0.25) is 0 Å². The van der Waals surface area contributed by atoms with E-state index in [1.54, 1.807) is 4.57 Å². The van der Waals surface area contributed by atoms with Crippen molar-refractivity contribution in [2.45, 2.75) is 37.0 Å². The van der Waals surface area contributed by atoms with Gasteiger partial charge in [0.1, 0.15) is 24.6 Å². The molecule has 0 bridgehead atoms. The number of anilines is 1. The summed E-state index contributed by atoms with van der Waals surface area (Å²) in [4.78, 5) is 26.8. The molecule has 0 radical (unpaired) electrons. The smallest absolute Gasteiger partial charge is 0.232 e. The van der Waals surface area contributed by atoms with Gasteiger partial charge in [0.25, 0.3) is 0 Å². The van der Waals surface area contributed by atoms with Gasteiger partial charge in [0.2, 0.25) is 5.91 Å². The number of nitrogens with one attached hydrogen (secondary N) is 2. The molecule has 10 heteroatoms. The third kappa shape index (κ3) is 5.62. The van der Waals surface area contributed by atoms with E-state index >= 15 is 0 Å². The van der Waals surface area contributed by atoms with Crippen LogP contribution in [0.3, 0.4) is 0 Å². The van der Waals surface area contributed by atoms with Crippen LogP contribution in [0.15, 0.2) is 116 Å². The molecular weight excluding hydrogens is 568 g/mol. The van der Waals surface area contributed by atoms with Gasteiger partial charge in [-0.1, -0.05) is 103 Å². The van der Waals surface area contributed by atoms with Crippen LogP contribution in [0.1, 0.15) is 28.8 Å². The molecule has 2 aromatic heterocycles. The van der Waals surface area contributed by atoms with Crippen LogP contribution in [-0.4, -0.2) is 60.5 Å². The van der Waals surface area contributed by atoms with E-state index < -0.39 is 30.5 Å². The first kappa shape index (κ1) is 28.6. The van der Waals surface area contributed by atoms with Crippen LogP contribution in [0.5, 0.6) is 0 Å². The fourth-order valence-electron chi connectivity index (χ4n) is 6.01. The monoisotopic (exact) mass is 600 g/mol. The zero-order valence-corrected chi connectivity index (χ0v) is 24.3. The van der Waals surface area contributed by atoms with Crippen molar-refractivity contribution in [3.8, 4) is 0 Å². The van der Waals surface area contributed by atoms with E-state index in [1.807, 2.05) is 78.9 Å². The molecule has 1 saturated heterocycles. The first-order valence-electron chi connectivity index (χ1n) is 14.9. The Hall–Kier alpha value is -5.16. The second-order valence-electron chi connectivity index (χ2n) is 11.1. The molecule has 4 atom stereocenters. The van der Waals surface area contributed by atoms with Crippen molar-refractivity contribution >= 4 is 33.7 Å². The Morgan fingerprint density at radius 3 is 2.27 bits per heavy atom. The number of benzene rings is 4. The summed E-state index contributed by atoms with van der Waals surface area (Å²) in [6.45, 7) is 0.527. The molecular formula is C35H32N6O4. The number of carbonyl (C=O) groups excluding carboxylic acids is 1. The zero-order chi connectivity index (χ0) is 30.8. The molecule has 0 aliphatic carbocycles. The minimum absolute atomic E-state index is 0.00315. The van der Waals surface area contributed by atoms with Gasteiger partial charge in [0, 0.05) is 13.1 Å². The Morgan fingerprint density at radius 1 is 0.822 bits per heavy atom. The van der Waals surface area contributed by atoms with Gasteiger partial charge in [-0.2, -0.15) is 0 Å². The SMILES string of the molecule is O=C(NC[C@H]1OC(n2cnc3c(NCc4cccc5ccccc45)ncnc32)[C@H](O)[C@@H]1O)C(c1ccccc1)c1ccccc1. The molecule has 1 amide bonds. The number of hydrogen-bond acceptors (Lipinski definition) is 8. The van der Waals surface area contributed by atoms with Crippen molar-refractivity contribution in [1.29, 1.82) is 0 Å². The second-order valence-corrected chi connectivity index (χ2v) is 11.1. The maximum atomic E-state index is 13.5. The van der Waals surface area contributed by atoms with E-state index in [9.17, 15) is 15.0 Å². The lowest BCUT2D eigenvalue weighted by atomic mass is 9.90. The van der Waals surface area contributed by atoms with Crippen LogP contribution >= 0.6 is 0 Å². The molecule has 1 aliphatic heterocycles. The van der Waals surface area contributed by atoms with E-state index in [0.29, 0.717) is 23.5 Å². The minimum atomic E-state index is -1.27. The number of aromatic nitrogens is 4. The average molecular weight is 601 g/mol. The number of nitrogens with zero attached hydrogens (tertiary/aromatic N) is 4. The molecule has 3 heterocycles. The Balaban J connectivity index is 1.07. The highest BCUT2D eigenvalue weighted by atomic mass is 16.6. The maximum Gasteiger partial charge on any atom is 0.232 e. The number of ether oxygens (including phenoxy) is 1. The molecule has 0 spiro atoms. The Kier molecular flexibility index (Phi) is 7.91. The number of hydrogen-bond donors (Lipinski definition) is 4. The Morgan fingerprint density at radius 2 is 1.51 bits per heavy atom. The first-order valence-corrected chi connectivity index (χ1v) is 14.9. The largest absolute Gasteiger partial charge is 0.387 e. The molecule has 7 rings (SSSR count). The topological polar surface area (TPSA) is 134 Å². The van der Waals surface area contributed by atoms with E-state index in [4.69, 9.17) is 4.74 Å². The van der Waals surface area contributed by atoms with Gasteiger partial charge in [-0.05, 0) is 27.5 Å². The number of carbonyl (C=O) groups is 1. The maximum absolute atomic E-state index is 13.5. The minimum Gasteiger partial charge on any atom is -0.387 e. The third-order valence-electron chi connectivity index (χ3n) is 8.30. The van der Waals surface area contributed by atoms with E-state index in [2.05, 4.69) is 49.9 Å². The molecule has 4 aromatic carbocycles. The summed E-state index contributed by atoms with van der Waals surface area (Å²) in [5.41, 5.74) is 3.76. The predicted molar refractivity (Wildman–Crippen MR) is 170 cm³/mol. The van der Waals surface area contributed by atoms with Crippen LogP contribution in [0.4, 0.5) is 5.82 Å². The Labute approximate surface area is 259 Å². The van der Waals surface area contributed by atoms with E-state index in [0.717, 1.165) is 27.5 Å². The van der Waals surface area contributed by atoms with Gasteiger partial charge in [-0.3, -0.25) is 9.36 Å². The van der Waals surface area contributed by atoms with Gasteiger partial charge >= 0.3 is 0 Å². The summed E-state index contributed by atoms with van der Waals surface area (Å²) in [6, 6.07) is 33.4. The molecule has 226 valence electrons. The van der Waals surface area contributed by atoms with E-state index in [1.165, 1.54) is 12.7 Å². The average Bonchev–Trinajstić information content (AvgIpc) is 3.64. The lowest BCUT2D eigenvalue weighted by molar-refractivity contribution is -0.122. The van der Waals surface area contributed by atoms with Crippen LogP contribution in [0, 0.1) is 0 Å². The fourth-order valence-corrected chi connectivity index (χ4v) is 6.01. The highest BCUT2D eigenvalue weighted by Gasteiger charge is 2.44. The van der Waals surface area contributed by atoms with Crippen molar-refractivity contribution in [3.05, 3.63) is 132 Å². The number of aliphatic hydroxyl groups is 2. The number of aliphatic hydroxyl groups excluding tert-OH is 2. The zero-order valence-electron chi connectivity index (χ0n) is 24.3. The van der Waals surface area contributed by atoms with Crippen LogP contribution in [0.25, 0.3) is 21.9 Å². The molecule has 1 aliphatic rings. The molecule has 10 nitrogen and oxygen atoms in total. The van der Waals surface area contributed by atoms with Gasteiger partial charge in [0.15, 0.2) is 23.2 Å². The summed E-state index contributed by atoms with van der Waals surface area (Å²) in [5, 5.41) is 30.6. The van der Waals surface area contributed by atoms with Gasteiger partial charge in [-0.25, -0.2) is 15.0 Å². The predicted octanol–water partition coefficient (Wildman–Crippen LogP) is 4.16. The summed E-state index contributed by atoms with van der Waals surface area (Å²) >= 11 is 0. The van der Waals surface area contributed by atoms with Crippen molar-refractivity contribution in [3.63, 3.8) is 0 Å². The van der Waals surface area contributed by atoms with Gasteiger partial charge in [-0.15, -0.1) is 0 Å². The van der Waals surface area contributed by atoms with Crippen molar-refractivity contribution in [1.82, 2.24) is 24.8 Å². The number of rotatable bonds is 9. The van der Waals surface area contributed by atoms with Gasteiger partial charge < -0.3 is 25.6 Å². The Bertz CT molecular complexity index is 1890. The summed E-state index contributed by atoms with van der Waals surface area (Å²) in [5.74, 6) is -0.235. The normalized spacial score (nSPS) is 19.7. The molecule has 1 fully saturated rings. The highest BCUT2D eigenvalue weighted by Crippen LogP contribution is 2.33. The molecule has 1 unspecified atom stereocenters. The standard InChI is InChI=1S/C35H32N6O4/c42-30-27(19-37-34(44)28(23-11-3-1-4-12-23)24-13-5-2-6-14-24)45-35(31(30)43)41-21-40-29-32(38-20-39-33(29)41)36-18-25-16-9-15-22-10-7-8-17-26(22)25/h1-17,20-21,27-28,30-31,35,42-43H,18-19H2,(H,37,44)(H,36,38,39)/t27-,30-,31-,35?/m1/s1. The van der Waals surface area contributed by atoms with Crippen molar-refractivity contribution in [2.75, 3.05) is 11.9 Å². The van der Waals surface area contributed by atoms with Crippen molar-refractivity contribution in [2.24, 2.45) is 0 Å². The third-order valence-corrected chi connectivity index (χ3v) is 8.30. The lowest BCUT2D eigenvalue weighted by Gasteiger charge is -2.20. The van der Waals surface area contributed by atoms with Crippen molar-refractivity contribution < 1.29 is 19.7 Å². The molecule has 45 heavy (non-hydrogen) atoms. The van der Waals surface area contributed by atoms with Gasteiger partial charge in [0.05, 0.1) is 12.2 Å². The summed E-state index contributed by atoms with van der Waals surface area (Å²) in [6.07, 6.45) is -1.40. The molecule has 6 aromatic rings.